The number of ether oxygens (including phenoxy) is 1. The van der Waals surface area contributed by atoms with E-state index in [1.165, 1.54) is 28.8 Å². The van der Waals surface area contributed by atoms with Crippen LogP contribution >= 0.6 is 11.8 Å². The molecule has 8 nitrogen and oxygen atoms in total. The first-order valence-electron chi connectivity index (χ1n) is 11.3. The molecule has 1 aliphatic heterocycles. The normalized spacial score (nSPS) is 15.5. The van der Waals surface area contributed by atoms with Crippen LogP contribution in [0.3, 0.4) is 0 Å². The molecule has 3 aromatic carbocycles. The number of para-hydroxylation sites is 1. The fourth-order valence-corrected chi connectivity index (χ4v) is 4.77. The minimum Gasteiger partial charge on any atom is -0.497 e. The third-order valence-electron chi connectivity index (χ3n) is 5.73. The summed E-state index contributed by atoms with van der Waals surface area (Å²) in [5.74, 6) is -0.499. The maximum Gasteiger partial charge on any atom is 0.335 e. The highest BCUT2D eigenvalue weighted by Gasteiger charge is 2.31. The van der Waals surface area contributed by atoms with Crippen LogP contribution in [0.2, 0.25) is 0 Å². The molecule has 1 fully saturated rings. The Hall–Kier alpha value is -4.63. The lowest BCUT2D eigenvalue weighted by molar-refractivity contribution is -0.121. The van der Waals surface area contributed by atoms with Crippen molar-refractivity contribution in [2.24, 2.45) is 4.99 Å². The zero-order valence-electron chi connectivity index (χ0n) is 20.0. The van der Waals surface area contributed by atoms with Crippen LogP contribution in [0.25, 0.3) is 23.0 Å². The molecule has 5 rings (SSSR count). The Bertz CT molecular complexity index is 1540. The van der Waals surface area contributed by atoms with Gasteiger partial charge >= 0.3 is 5.97 Å². The smallest absolute Gasteiger partial charge is 0.335 e. The molecular weight excluding hydrogens is 488 g/mol. The van der Waals surface area contributed by atoms with Gasteiger partial charge in [0, 0.05) is 24.4 Å². The van der Waals surface area contributed by atoms with Crippen molar-refractivity contribution >= 4 is 40.6 Å². The summed E-state index contributed by atoms with van der Waals surface area (Å²) >= 11 is 1.23. The zero-order valence-corrected chi connectivity index (χ0v) is 20.8. The standard InChI is InChI=1S/C28H22N4O4S/c1-31-26(33)24(37-28(31)29-21-8-6-7-19(15-21)27(34)35)16-20-17-32(22-9-4-3-5-10-22)30-25(20)18-11-13-23(36-2)14-12-18/h3-17H,1-2H3,(H,34,35)/b24-16-,29-28?. The van der Waals surface area contributed by atoms with E-state index < -0.39 is 5.97 Å². The maximum absolute atomic E-state index is 13.1. The lowest BCUT2D eigenvalue weighted by atomic mass is 10.1. The van der Waals surface area contributed by atoms with Gasteiger partial charge in [-0.05, 0) is 72.4 Å². The van der Waals surface area contributed by atoms with Gasteiger partial charge in [-0.2, -0.15) is 5.10 Å². The Kier molecular flexibility index (Phi) is 6.61. The molecule has 9 heteroatoms. The van der Waals surface area contributed by atoms with Gasteiger partial charge in [0.25, 0.3) is 5.91 Å². The molecule has 184 valence electrons. The maximum atomic E-state index is 13.1. The van der Waals surface area contributed by atoms with Crippen LogP contribution in [0.5, 0.6) is 5.75 Å². The number of carbonyl (C=O) groups is 2. The number of benzene rings is 3. The second-order valence-corrected chi connectivity index (χ2v) is 9.18. The summed E-state index contributed by atoms with van der Waals surface area (Å²) in [4.78, 5) is 30.9. The van der Waals surface area contributed by atoms with E-state index in [0.717, 1.165) is 28.3 Å². The Morgan fingerprint density at radius 3 is 2.51 bits per heavy atom. The van der Waals surface area contributed by atoms with Crippen molar-refractivity contribution in [3.8, 4) is 22.7 Å². The first-order valence-corrected chi connectivity index (χ1v) is 12.1. The van der Waals surface area contributed by atoms with Crippen LogP contribution in [0.4, 0.5) is 5.69 Å². The molecule has 0 unspecified atom stereocenters. The molecule has 1 aromatic heterocycles. The summed E-state index contributed by atoms with van der Waals surface area (Å²) in [6, 6.07) is 23.6. The van der Waals surface area contributed by atoms with Crippen molar-refractivity contribution in [3.63, 3.8) is 0 Å². The summed E-state index contributed by atoms with van der Waals surface area (Å²) in [5.41, 5.74) is 3.85. The van der Waals surface area contributed by atoms with Crippen molar-refractivity contribution in [3.05, 3.63) is 101 Å². The minimum atomic E-state index is -1.03. The van der Waals surface area contributed by atoms with E-state index >= 15 is 0 Å². The van der Waals surface area contributed by atoms with Gasteiger partial charge in [-0.1, -0.05) is 24.3 Å². The minimum absolute atomic E-state index is 0.132. The molecular formula is C28H22N4O4S. The predicted molar refractivity (Wildman–Crippen MR) is 144 cm³/mol. The average Bonchev–Trinajstić information content (AvgIpc) is 3.46. The number of rotatable bonds is 6. The number of likely N-dealkylation sites (N-methyl/N-ethyl adjacent to an activating group) is 1. The third-order valence-corrected chi connectivity index (χ3v) is 6.79. The van der Waals surface area contributed by atoms with Crippen LogP contribution in [0.15, 0.2) is 95.0 Å². The molecule has 0 spiro atoms. The highest BCUT2D eigenvalue weighted by molar-refractivity contribution is 8.18. The zero-order chi connectivity index (χ0) is 25.9. The number of methoxy groups -OCH3 is 1. The number of amidine groups is 1. The molecule has 37 heavy (non-hydrogen) atoms. The molecule has 1 N–H and O–H groups in total. The van der Waals surface area contributed by atoms with E-state index in [9.17, 15) is 14.7 Å². The van der Waals surface area contributed by atoms with Crippen LogP contribution in [0, 0.1) is 0 Å². The second kappa shape index (κ2) is 10.2. The fraction of sp³-hybridized carbons (Fsp3) is 0.0714. The van der Waals surface area contributed by atoms with E-state index in [4.69, 9.17) is 9.84 Å². The summed E-state index contributed by atoms with van der Waals surface area (Å²) in [6.45, 7) is 0. The third kappa shape index (κ3) is 5.03. The van der Waals surface area contributed by atoms with Gasteiger partial charge in [-0.3, -0.25) is 9.69 Å². The molecule has 0 atom stereocenters. The summed E-state index contributed by atoms with van der Waals surface area (Å²) in [7, 11) is 3.26. The molecule has 4 aromatic rings. The molecule has 1 amide bonds. The van der Waals surface area contributed by atoms with Gasteiger partial charge in [0.05, 0.1) is 34.6 Å². The number of aromatic nitrogens is 2. The number of thioether (sulfide) groups is 1. The number of carboxylic acid groups (broad SMARTS) is 1. The number of hydrogen-bond donors (Lipinski definition) is 1. The summed E-state index contributed by atoms with van der Waals surface area (Å²) < 4.78 is 7.07. The molecule has 1 aliphatic rings. The Morgan fingerprint density at radius 1 is 1.05 bits per heavy atom. The van der Waals surface area contributed by atoms with Gasteiger partial charge in [-0.15, -0.1) is 0 Å². The fourth-order valence-electron chi connectivity index (χ4n) is 3.79. The van der Waals surface area contributed by atoms with Crippen LogP contribution in [-0.2, 0) is 4.79 Å². The first kappa shape index (κ1) is 24.1. The summed E-state index contributed by atoms with van der Waals surface area (Å²) in [5, 5.41) is 14.5. The SMILES string of the molecule is COc1ccc(-c2nn(-c3ccccc3)cc2/C=C2\SC(=Nc3cccc(C(=O)O)c3)N(C)C2=O)cc1. The molecule has 0 bridgehead atoms. The molecule has 0 radical (unpaired) electrons. The van der Waals surface area contributed by atoms with Crippen molar-refractivity contribution in [1.82, 2.24) is 14.7 Å². The Labute approximate surface area is 217 Å². The number of carbonyl (C=O) groups excluding carboxylic acids is 1. The van der Waals surface area contributed by atoms with Gasteiger partial charge in [0.15, 0.2) is 5.17 Å². The predicted octanol–water partition coefficient (Wildman–Crippen LogP) is 5.48. The van der Waals surface area contributed by atoms with Crippen molar-refractivity contribution in [2.45, 2.75) is 0 Å². The Morgan fingerprint density at radius 2 is 1.81 bits per heavy atom. The van der Waals surface area contributed by atoms with Gasteiger partial charge in [-0.25, -0.2) is 14.5 Å². The quantitative estimate of drug-likeness (QED) is 0.345. The topological polar surface area (TPSA) is 97.0 Å². The van der Waals surface area contributed by atoms with Crippen LogP contribution in [0.1, 0.15) is 15.9 Å². The number of carboxylic acids is 1. The first-order chi connectivity index (χ1) is 17.9. The lowest BCUT2D eigenvalue weighted by Crippen LogP contribution is -2.23. The van der Waals surface area contributed by atoms with Gasteiger partial charge in [0.2, 0.25) is 0 Å². The van der Waals surface area contributed by atoms with E-state index in [2.05, 4.69) is 4.99 Å². The lowest BCUT2D eigenvalue weighted by Gasteiger charge is -2.07. The van der Waals surface area contributed by atoms with E-state index in [1.54, 1.807) is 31.0 Å². The summed E-state index contributed by atoms with van der Waals surface area (Å²) in [6.07, 6.45) is 3.70. The highest BCUT2D eigenvalue weighted by atomic mass is 32.2. The molecule has 0 saturated carbocycles. The number of hydrogen-bond acceptors (Lipinski definition) is 6. The Balaban J connectivity index is 1.54. The molecule has 1 saturated heterocycles. The molecule has 2 heterocycles. The van der Waals surface area contributed by atoms with E-state index in [-0.39, 0.29) is 11.5 Å². The highest BCUT2D eigenvalue weighted by Crippen LogP contribution is 2.35. The number of aliphatic imine (C=N–C) groups is 1. The second-order valence-electron chi connectivity index (χ2n) is 8.17. The molecule has 0 aliphatic carbocycles. The van der Waals surface area contributed by atoms with Crippen LogP contribution in [-0.4, -0.2) is 51.0 Å². The van der Waals surface area contributed by atoms with Gasteiger partial charge in [0.1, 0.15) is 5.75 Å². The number of nitrogens with zero attached hydrogens (tertiary/aromatic N) is 4. The largest absolute Gasteiger partial charge is 0.497 e. The number of amides is 1. The van der Waals surface area contributed by atoms with Crippen molar-refractivity contribution in [2.75, 3.05) is 14.2 Å². The monoisotopic (exact) mass is 510 g/mol. The average molecular weight is 511 g/mol. The van der Waals surface area contributed by atoms with E-state index in [0.29, 0.717) is 15.8 Å². The van der Waals surface area contributed by atoms with Crippen molar-refractivity contribution in [1.29, 1.82) is 0 Å². The van der Waals surface area contributed by atoms with Gasteiger partial charge < -0.3 is 9.84 Å². The van der Waals surface area contributed by atoms with Crippen molar-refractivity contribution < 1.29 is 19.4 Å². The van der Waals surface area contributed by atoms with Crippen LogP contribution < -0.4 is 4.74 Å². The van der Waals surface area contributed by atoms with E-state index in [1.807, 2.05) is 66.9 Å². The number of aromatic carboxylic acids is 1.